The summed E-state index contributed by atoms with van der Waals surface area (Å²) in [7, 11) is 0. The molecule has 58 valence electrons. The molecular formula is C7H13NOS. The molecule has 0 unspecified atom stereocenters. The molecule has 0 aromatic rings. The molecule has 1 aliphatic heterocycles. The first-order chi connectivity index (χ1) is 4.72. The van der Waals surface area contributed by atoms with Gasteiger partial charge in [-0.25, -0.2) is 0 Å². The first-order valence-electron chi connectivity index (χ1n) is 3.59. The first kappa shape index (κ1) is 7.92. The third kappa shape index (κ3) is 1.66. The number of amides is 1. The lowest BCUT2D eigenvalue weighted by Gasteiger charge is -2.29. The monoisotopic (exact) mass is 159 g/mol. The number of carbonyl (C=O) groups excluding carboxylic acids is 1. The van der Waals surface area contributed by atoms with Crippen LogP contribution in [0, 0.1) is 0 Å². The van der Waals surface area contributed by atoms with E-state index >= 15 is 0 Å². The summed E-state index contributed by atoms with van der Waals surface area (Å²) in [4.78, 5) is 13.1. The normalized spacial score (nSPS) is 20.3. The molecule has 2 nitrogen and oxygen atoms in total. The maximum absolute atomic E-state index is 11.1. The minimum absolute atomic E-state index is 0.314. The molecule has 3 heteroatoms. The Balaban J connectivity index is 2.48. The molecule has 0 aliphatic carbocycles. The van der Waals surface area contributed by atoms with Gasteiger partial charge in [0, 0.05) is 18.2 Å². The Morgan fingerprint density at radius 2 is 2.30 bits per heavy atom. The highest BCUT2D eigenvalue weighted by molar-refractivity contribution is 7.99. The van der Waals surface area contributed by atoms with Crippen molar-refractivity contribution in [2.75, 3.05) is 11.6 Å². The van der Waals surface area contributed by atoms with Crippen LogP contribution in [0.25, 0.3) is 0 Å². The molecular weight excluding hydrogens is 146 g/mol. The molecule has 0 aromatic heterocycles. The van der Waals surface area contributed by atoms with Gasteiger partial charge in [0.15, 0.2) is 0 Å². The Morgan fingerprint density at radius 3 is 2.70 bits per heavy atom. The molecule has 1 aliphatic rings. The van der Waals surface area contributed by atoms with Crippen molar-refractivity contribution in [2.45, 2.75) is 26.3 Å². The highest BCUT2D eigenvalue weighted by Gasteiger charge is 2.19. The number of carbonyl (C=O) groups is 1. The molecule has 1 rings (SSSR count). The minimum Gasteiger partial charge on any atom is -0.331 e. The summed E-state index contributed by atoms with van der Waals surface area (Å²) in [6.07, 6.45) is 0.725. The van der Waals surface area contributed by atoms with E-state index in [4.69, 9.17) is 0 Å². The molecule has 1 saturated heterocycles. The quantitative estimate of drug-likeness (QED) is 0.575. The van der Waals surface area contributed by atoms with Gasteiger partial charge in [-0.15, -0.1) is 11.8 Å². The summed E-state index contributed by atoms with van der Waals surface area (Å²) in [6.45, 7) is 4.12. The molecule has 0 radical (unpaired) electrons. The van der Waals surface area contributed by atoms with Gasteiger partial charge in [-0.3, -0.25) is 4.79 Å². The third-order valence-electron chi connectivity index (χ3n) is 1.63. The summed E-state index contributed by atoms with van der Waals surface area (Å²) in [6, 6.07) is 0.375. The Bertz CT molecular complexity index is 136. The molecule has 1 heterocycles. The highest BCUT2D eigenvalue weighted by Crippen LogP contribution is 2.16. The van der Waals surface area contributed by atoms with E-state index in [9.17, 15) is 4.79 Å². The fourth-order valence-electron chi connectivity index (χ4n) is 0.975. The number of hydrogen-bond donors (Lipinski definition) is 0. The number of hydrogen-bond acceptors (Lipinski definition) is 2. The third-order valence-corrected chi connectivity index (χ3v) is 2.59. The lowest BCUT2D eigenvalue weighted by molar-refractivity contribution is -0.131. The zero-order valence-electron chi connectivity index (χ0n) is 6.46. The molecule has 1 amide bonds. The minimum atomic E-state index is 0.314. The van der Waals surface area contributed by atoms with Crippen molar-refractivity contribution in [2.24, 2.45) is 0 Å². The van der Waals surface area contributed by atoms with E-state index in [2.05, 4.69) is 13.8 Å². The highest BCUT2D eigenvalue weighted by atomic mass is 32.2. The molecule has 1 fully saturated rings. The van der Waals surface area contributed by atoms with Crippen molar-refractivity contribution in [3.8, 4) is 0 Å². The van der Waals surface area contributed by atoms with Crippen molar-refractivity contribution < 1.29 is 4.79 Å². The lowest BCUT2D eigenvalue weighted by Crippen LogP contribution is -2.39. The molecule has 0 N–H and O–H groups in total. The molecule has 10 heavy (non-hydrogen) atoms. The Morgan fingerprint density at radius 1 is 1.60 bits per heavy atom. The van der Waals surface area contributed by atoms with E-state index in [1.807, 2.05) is 16.7 Å². The zero-order valence-corrected chi connectivity index (χ0v) is 7.28. The Labute approximate surface area is 66.0 Å². The predicted molar refractivity (Wildman–Crippen MR) is 43.9 cm³/mol. The van der Waals surface area contributed by atoms with Gasteiger partial charge in [0.1, 0.15) is 0 Å². The smallest absolute Gasteiger partial charge is 0.224 e. The van der Waals surface area contributed by atoms with Crippen LogP contribution in [0.4, 0.5) is 0 Å². The van der Waals surface area contributed by atoms with Gasteiger partial charge in [-0.2, -0.15) is 0 Å². The van der Waals surface area contributed by atoms with Crippen molar-refractivity contribution in [1.29, 1.82) is 0 Å². The van der Waals surface area contributed by atoms with Gasteiger partial charge in [0.05, 0.1) is 5.88 Å². The Kier molecular flexibility index (Phi) is 2.60. The fourth-order valence-corrected chi connectivity index (χ4v) is 2.06. The largest absolute Gasteiger partial charge is 0.331 e. The van der Waals surface area contributed by atoms with Crippen LogP contribution in [0.3, 0.4) is 0 Å². The van der Waals surface area contributed by atoms with Gasteiger partial charge in [0.2, 0.25) is 5.91 Å². The molecule has 0 atom stereocenters. The molecule has 0 bridgehead atoms. The average molecular weight is 159 g/mol. The standard InChI is InChI=1S/C7H13NOS/c1-6(2)8-5-10-4-3-7(8)9/h6H,3-5H2,1-2H3. The lowest BCUT2D eigenvalue weighted by atomic mass is 10.3. The summed E-state index contributed by atoms with van der Waals surface area (Å²) in [5, 5.41) is 0. The van der Waals surface area contributed by atoms with Crippen molar-refractivity contribution in [3.63, 3.8) is 0 Å². The van der Waals surface area contributed by atoms with Crippen LogP contribution in [0.5, 0.6) is 0 Å². The van der Waals surface area contributed by atoms with Crippen molar-refractivity contribution in [1.82, 2.24) is 4.90 Å². The second-order valence-electron chi connectivity index (χ2n) is 2.74. The van der Waals surface area contributed by atoms with Crippen LogP contribution in [-0.2, 0) is 4.79 Å². The van der Waals surface area contributed by atoms with Gasteiger partial charge >= 0.3 is 0 Å². The van der Waals surface area contributed by atoms with E-state index in [-0.39, 0.29) is 0 Å². The second-order valence-corrected chi connectivity index (χ2v) is 3.82. The van der Waals surface area contributed by atoms with E-state index in [1.54, 1.807) is 0 Å². The fraction of sp³-hybridized carbons (Fsp3) is 0.857. The molecule has 0 aromatic carbocycles. The zero-order chi connectivity index (χ0) is 7.56. The summed E-state index contributed by atoms with van der Waals surface area (Å²) >= 11 is 1.84. The number of thioether (sulfide) groups is 1. The number of rotatable bonds is 1. The molecule has 0 spiro atoms. The van der Waals surface area contributed by atoms with Crippen LogP contribution >= 0.6 is 11.8 Å². The topological polar surface area (TPSA) is 20.3 Å². The summed E-state index contributed by atoms with van der Waals surface area (Å²) in [5.41, 5.74) is 0. The van der Waals surface area contributed by atoms with Crippen molar-refractivity contribution in [3.05, 3.63) is 0 Å². The van der Waals surface area contributed by atoms with Crippen LogP contribution in [0.1, 0.15) is 20.3 Å². The van der Waals surface area contributed by atoms with Gasteiger partial charge < -0.3 is 4.90 Å². The maximum atomic E-state index is 11.1. The summed E-state index contributed by atoms with van der Waals surface area (Å²) < 4.78 is 0. The second kappa shape index (κ2) is 3.28. The number of nitrogens with zero attached hydrogens (tertiary/aromatic N) is 1. The predicted octanol–water partition coefficient (Wildman–Crippen LogP) is 1.32. The van der Waals surface area contributed by atoms with E-state index in [0.717, 1.165) is 18.1 Å². The Hall–Kier alpha value is -0.180. The van der Waals surface area contributed by atoms with Crippen LogP contribution in [0.15, 0.2) is 0 Å². The SMILES string of the molecule is CC(C)N1CSCCC1=O. The van der Waals surface area contributed by atoms with Crippen LogP contribution in [0.2, 0.25) is 0 Å². The van der Waals surface area contributed by atoms with Crippen molar-refractivity contribution >= 4 is 17.7 Å². The summed E-state index contributed by atoms with van der Waals surface area (Å²) in [5.74, 6) is 2.20. The van der Waals surface area contributed by atoms with Crippen LogP contribution in [-0.4, -0.2) is 28.5 Å². The van der Waals surface area contributed by atoms with E-state index in [1.165, 1.54) is 0 Å². The first-order valence-corrected chi connectivity index (χ1v) is 4.74. The van der Waals surface area contributed by atoms with Gasteiger partial charge in [-0.05, 0) is 13.8 Å². The average Bonchev–Trinajstić information content (AvgIpc) is 1.88. The van der Waals surface area contributed by atoms with E-state index in [0.29, 0.717) is 11.9 Å². The maximum Gasteiger partial charge on any atom is 0.224 e. The van der Waals surface area contributed by atoms with Crippen LogP contribution < -0.4 is 0 Å². The van der Waals surface area contributed by atoms with E-state index < -0.39 is 0 Å². The molecule has 0 saturated carbocycles. The van der Waals surface area contributed by atoms with Gasteiger partial charge in [-0.1, -0.05) is 0 Å². The van der Waals surface area contributed by atoms with Gasteiger partial charge in [0.25, 0.3) is 0 Å².